The van der Waals surface area contributed by atoms with E-state index in [9.17, 15) is 10.5 Å². The van der Waals surface area contributed by atoms with Crippen LogP contribution < -0.4 is 20.4 Å². The van der Waals surface area contributed by atoms with E-state index in [2.05, 4.69) is 17.1 Å². The molecule has 0 saturated heterocycles. The van der Waals surface area contributed by atoms with Gasteiger partial charge in [-0.05, 0) is 17.7 Å². The fraction of sp³-hybridized carbons (Fsp3) is 0.222. The third-order valence-electron chi connectivity index (χ3n) is 3.83. The number of benzene rings is 1. The Labute approximate surface area is 146 Å². The van der Waals surface area contributed by atoms with Gasteiger partial charge in [0.05, 0.1) is 19.6 Å². The minimum atomic E-state index is 0.142. The summed E-state index contributed by atoms with van der Waals surface area (Å²) in [6.45, 7) is 0.615. The first-order chi connectivity index (χ1) is 12.1. The van der Waals surface area contributed by atoms with Gasteiger partial charge in [-0.15, -0.1) is 0 Å². The Hall–Kier alpha value is -3.76. The van der Waals surface area contributed by atoms with Gasteiger partial charge in [-0.3, -0.25) is 5.73 Å². The Kier molecular flexibility index (Phi) is 5.40. The molecule has 2 aromatic rings. The van der Waals surface area contributed by atoms with E-state index >= 15 is 0 Å². The number of H-pyrrole nitrogens is 1. The minimum absolute atomic E-state index is 0.142. The number of rotatable bonds is 5. The Morgan fingerprint density at radius 2 is 1.76 bits per heavy atom. The highest BCUT2D eigenvalue weighted by molar-refractivity contribution is 5.81. The summed E-state index contributed by atoms with van der Waals surface area (Å²) in [5.74, 6) is 0.354. The van der Waals surface area contributed by atoms with Gasteiger partial charge >= 0.3 is 5.88 Å². The summed E-state index contributed by atoms with van der Waals surface area (Å²) < 4.78 is 5.18. The van der Waals surface area contributed by atoms with Gasteiger partial charge in [-0.25, -0.2) is 4.98 Å². The Balaban J connectivity index is 2.56. The summed E-state index contributed by atoms with van der Waals surface area (Å²) in [4.78, 5) is 4.69. The van der Waals surface area contributed by atoms with Gasteiger partial charge < -0.3 is 9.64 Å². The Morgan fingerprint density at radius 1 is 1.12 bits per heavy atom. The summed E-state index contributed by atoms with van der Waals surface area (Å²) in [6, 6.07) is 13.6. The summed E-state index contributed by atoms with van der Waals surface area (Å²) in [7, 11) is 3.32. The SMILES string of the molecule is COc1[nH+]c(N)c(C#N)c(-c2ccc(N(C)CCC#N)cc2)c1C#N. The van der Waals surface area contributed by atoms with Crippen molar-refractivity contribution in [3.63, 3.8) is 0 Å². The number of pyridine rings is 1. The molecule has 0 aliphatic rings. The molecule has 1 aromatic heterocycles. The molecule has 25 heavy (non-hydrogen) atoms. The third-order valence-corrected chi connectivity index (χ3v) is 3.83. The molecule has 1 aromatic carbocycles. The van der Waals surface area contributed by atoms with Crippen LogP contribution in [0.25, 0.3) is 11.1 Å². The van der Waals surface area contributed by atoms with Crippen molar-refractivity contribution in [2.24, 2.45) is 0 Å². The van der Waals surface area contributed by atoms with Gasteiger partial charge in [0.2, 0.25) is 0 Å². The first kappa shape index (κ1) is 17.6. The van der Waals surface area contributed by atoms with Crippen LogP contribution in [0.15, 0.2) is 24.3 Å². The smallest absolute Gasteiger partial charge is 0.300 e. The summed E-state index contributed by atoms with van der Waals surface area (Å²) in [5, 5.41) is 27.6. The largest absolute Gasteiger partial charge is 0.465 e. The molecule has 0 bridgehead atoms. The lowest BCUT2D eigenvalue weighted by atomic mass is 9.96. The molecule has 0 amide bonds. The third kappa shape index (κ3) is 3.44. The lowest BCUT2D eigenvalue weighted by Gasteiger charge is -2.18. The fourth-order valence-corrected chi connectivity index (χ4v) is 2.51. The molecular weight excluding hydrogens is 316 g/mol. The molecule has 7 heteroatoms. The first-order valence-electron chi connectivity index (χ1n) is 7.48. The number of methoxy groups -OCH3 is 1. The standard InChI is InChI=1S/C18H16N6O/c1-24(9-3-8-19)13-6-4-12(5-7-13)16-14(10-20)17(22)23-18(25-2)15(16)11-21/h4-7H,3,9H2,1-2H3,(H2,22,23)/p+1. The molecular formula is C18H17N6O+. The molecule has 0 radical (unpaired) electrons. The average molecular weight is 333 g/mol. The van der Waals surface area contributed by atoms with E-state index in [1.54, 1.807) is 0 Å². The van der Waals surface area contributed by atoms with Crippen molar-refractivity contribution in [1.29, 1.82) is 15.8 Å². The zero-order valence-corrected chi connectivity index (χ0v) is 14.0. The number of hydrogen-bond donors (Lipinski definition) is 1. The van der Waals surface area contributed by atoms with Gasteiger partial charge in [-0.2, -0.15) is 15.8 Å². The van der Waals surface area contributed by atoms with Crippen molar-refractivity contribution < 1.29 is 9.72 Å². The van der Waals surface area contributed by atoms with Crippen molar-refractivity contribution >= 4 is 11.5 Å². The van der Waals surface area contributed by atoms with E-state index in [1.165, 1.54) is 7.11 Å². The van der Waals surface area contributed by atoms with Gasteiger partial charge in [0.1, 0.15) is 17.7 Å². The molecule has 0 saturated carbocycles. The van der Waals surface area contributed by atoms with Crippen LogP contribution >= 0.6 is 0 Å². The molecule has 124 valence electrons. The maximum absolute atomic E-state index is 9.50. The lowest BCUT2D eigenvalue weighted by molar-refractivity contribution is -0.376. The highest BCUT2D eigenvalue weighted by Crippen LogP contribution is 2.33. The summed E-state index contributed by atoms with van der Waals surface area (Å²) >= 11 is 0. The molecule has 1 heterocycles. The fourth-order valence-electron chi connectivity index (χ4n) is 2.51. The minimum Gasteiger partial charge on any atom is -0.465 e. The number of aromatic nitrogens is 1. The van der Waals surface area contributed by atoms with Crippen LogP contribution in [-0.2, 0) is 0 Å². The second kappa shape index (κ2) is 7.68. The Bertz CT molecular complexity index is 900. The van der Waals surface area contributed by atoms with Crippen LogP contribution in [0.2, 0.25) is 0 Å². The maximum atomic E-state index is 9.50. The van der Waals surface area contributed by atoms with Gasteiger partial charge in [0.15, 0.2) is 5.56 Å². The molecule has 0 spiro atoms. The van der Waals surface area contributed by atoms with Crippen LogP contribution in [0, 0.1) is 34.0 Å². The maximum Gasteiger partial charge on any atom is 0.300 e. The first-order valence-corrected chi connectivity index (χ1v) is 7.48. The van der Waals surface area contributed by atoms with Crippen molar-refractivity contribution in [3.05, 3.63) is 35.4 Å². The van der Waals surface area contributed by atoms with Crippen LogP contribution in [0.1, 0.15) is 17.5 Å². The van der Waals surface area contributed by atoms with Gasteiger partial charge in [0.25, 0.3) is 5.82 Å². The van der Waals surface area contributed by atoms with E-state index in [0.717, 1.165) is 5.69 Å². The molecule has 0 unspecified atom stereocenters. The second-order valence-electron chi connectivity index (χ2n) is 5.30. The van der Waals surface area contributed by atoms with Crippen LogP contribution in [0.3, 0.4) is 0 Å². The molecule has 0 fully saturated rings. The number of nitriles is 3. The number of nitrogens with two attached hydrogens (primary N) is 1. The number of anilines is 2. The van der Waals surface area contributed by atoms with Gasteiger partial charge in [-0.1, -0.05) is 12.1 Å². The quantitative estimate of drug-likeness (QED) is 0.890. The van der Waals surface area contributed by atoms with Crippen molar-refractivity contribution in [2.75, 3.05) is 31.3 Å². The Morgan fingerprint density at radius 3 is 2.28 bits per heavy atom. The number of nitrogens with zero attached hydrogens (tertiary/aromatic N) is 4. The monoisotopic (exact) mass is 333 g/mol. The van der Waals surface area contributed by atoms with Crippen molar-refractivity contribution in [1.82, 2.24) is 0 Å². The molecule has 7 nitrogen and oxygen atoms in total. The number of ether oxygens (including phenoxy) is 1. The number of nitrogen functional groups attached to an aromatic ring is 1. The van der Waals surface area contributed by atoms with Crippen LogP contribution in [0.4, 0.5) is 11.5 Å². The van der Waals surface area contributed by atoms with Gasteiger partial charge in [0, 0.05) is 24.8 Å². The zero-order valence-electron chi connectivity index (χ0n) is 14.0. The normalized spacial score (nSPS) is 9.56. The predicted molar refractivity (Wildman–Crippen MR) is 92.3 cm³/mol. The molecule has 0 aliphatic heterocycles. The molecule has 0 aliphatic carbocycles. The molecule has 3 N–H and O–H groups in total. The van der Waals surface area contributed by atoms with Crippen LogP contribution in [0.5, 0.6) is 5.88 Å². The average Bonchev–Trinajstić information content (AvgIpc) is 2.65. The number of nitrogens with one attached hydrogen (secondary N) is 1. The van der Waals surface area contributed by atoms with E-state index in [-0.39, 0.29) is 22.8 Å². The predicted octanol–water partition coefficient (Wildman–Crippen LogP) is 1.85. The van der Waals surface area contributed by atoms with Crippen molar-refractivity contribution in [3.8, 4) is 35.2 Å². The lowest BCUT2D eigenvalue weighted by Crippen LogP contribution is -2.19. The second-order valence-corrected chi connectivity index (χ2v) is 5.30. The highest BCUT2D eigenvalue weighted by Gasteiger charge is 2.24. The van der Waals surface area contributed by atoms with E-state index in [4.69, 9.17) is 15.7 Å². The number of aromatic amines is 1. The van der Waals surface area contributed by atoms with Crippen LogP contribution in [-0.4, -0.2) is 20.7 Å². The van der Waals surface area contributed by atoms with E-state index in [0.29, 0.717) is 24.1 Å². The van der Waals surface area contributed by atoms with E-state index < -0.39 is 0 Å². The highest BCUT2D eigenvalue weighted by atomic mass is 16.5. The molecule has 0 atom stereocenters. The number of hydrogen-bond acceptors (Lipinski definition) is 6. The topological polar surface area (TPSA) is 124 Å². The summed E-state index contributed by atoms with van der Waals surface area (Å²) in [5.41, 5.74) is 8.36. The van der Waals surface area contributed by atoms with Crippen molar-refractivity contribution in [2.45, 2.75) is 6.42 Å². The molecule has 2 rings (SSSR count). The zero-order chi connectivity index (χ0) is 18.4. The van der Waals surface area contributed by atoms with E-state index in [1.807, 2.05) is 42.3 Å². The summed E-state index contributed by atoms with van der Waals surface area (Å²) in [6.07, 6.45) is 0.428.